The van der Waals surface area contributed by atoms with Crippen molar-refractivity contribution in [1.29, 1.82) is 5.41 Å². The van der Waals surface area contributed by atoms with E-state index in [0.29, 0.717) is 5.92 Å². The molecule has 1 saturated heterocycles. The minimum atomic E-state index is 0.0969. The summed E-state index contributed by atoms with van der Waals surface area (Å²) in [7, 11) is 0. The van der Waals surface area contributed by atoms with Crippen LogP contribution in [-0.4, -0.2) is 43.2 Å². The van der Waals surface area contributed by atoms with Gasteiger partial charge in [-0.1, -0.05) is 19.9 Å². The minimum absolute atomic E-state index is 0.0969. The number of hydrogen-bond donors (Lipinski definition) is 2. The number of carbonyl (C=O) groups is 1. The summed E-state index contributed by atoms with van der Waals surface area (Å²) in [5.74, 6) is 1.04. The first-order valence-electron chi connectivity index (χ1n) is 9.63. The van der Waals surface area contributed by atoms with Crippen molar-refractivity contribution in [2.75, 3.05) is 31.1 Å². The first-order chi connectivity index (χ1) is 12.5. The van der Waals surface area contributed by atoms with Gasteiger partial charge in [0, 0.05) is 55.8 Å². The number of fused-ring (bicyclic) bond motifs is 1. The molecule has 5 heteroatoms. The van der Waals surface area contributed by atoms with Gasteiger partial charge < -0.3 is 20.9 Å². The van der Waals surface area contributed by atoms with Crippen LogP contribution in [-0.2, 0) is 11.2 Å². The van der Waals surface area contributed by atoms with Crippen molar-refractivity contribution >= 4 is 23.4 Å². The van der Waals surface area contributed by atoms with E-state index in [0.717, 1.165) is 56.6 Å². The van der Waals surface area contributed by atoms with E-state index in [9.17, 15) is 4.79 Å². The van der Waals surface area contributed by atoms with E-state index in [1.165, 1.54) is 23.7 Å². The molecule has 140 valence electrons. The Balaban J connectivity index is 1.61. The van der Waals surface area contributed by atoms with E-state index in [1.807, 2.05) is 18.7 Å². The van der Waals surface area contributed by atoms with Crippen LogP contribution in [0.5, 0.6) is 0 Å². The number of amides is 1. The second kappa shape index (κ2) is 7.94. The maximum absolute atomic E-state index is 12.1. The van der Waals surface area contributed by atoms with Gasteiger partial charge in [0.15, 0.2) is 0 Å². The van der Waals surface area contributed by atoms with E-state index >= 15 is 0 Å². The Morgan fingerprint density at radius 3 is 2.65 bits per heavy atom. The number of benzene rings is 1. The highest BCUT2D eigenvalue weighted by Gasteiger charge is 2.27. The van der Waals surface area contributed by atoms with Crippen LogP contribution >= 0.6 is 0 Å². The number of carbonyl (C=O) groups excluding carboxylic acids is 1. The molecule has 0 aromatic heterocycles. The molecule has 5 nitrogen and oxygen atoms in total. The maximum atomic E-state index is 12.1. The van der Waals surface area contributed by atoms with Gasteiger partial charge in [-0.2, -0.15) is 0 Å². The zero-order valence-corrected chi connectivity index (χ0v) is 15.9. The number of allylic oxidation sites excluding steroid dienone is 1. The molecule has 26 heavy (non-hydrogen) atoms. The standard InChI is InChI=1S/C21H30N4O/c1-15(2)21(26)24-8-5-16(6-9-24)14-25-10-7-18-11-17(3-4-20(18)25)19(12-22)13-23/h3-4,11-13,15-16,22H,5-10,14,23H2,1-2H3/b19-13+,22-12?. The third kappa shape index (κ3) is 3.76. The summed E-state index contributed by atoms with van der Waals surface area (Å²) in [5, 5.41) is 7.47. The lowest BCUT2D eigenvalue weighted by Crippen LogP contribution is -2.43. The number of anilines is 1. The van der Waals surface area contributed by atoms with Gasteiger partial charge in [0.1, 0.15) is 0 Å². The third-order valence-corrected chi connectivity index (χ3v) is 5.64. The Morgan fingerprint density at radius 2 is 2.04 bits per heavy atom. The molecular weight excluding hydrogens is 324 g/mol. The van der Waals surface area contributed by atoms with Crippen LogP contribution in [0.15, 0.2) is 24.4 Å². The highest BCUT2D eigenvalue weighted by molar-refractivity contribution is 6.08. The molecule has 2 aliphatic heterocycles. The highest BCUT2D eigenvalue weighted by Crippen LogP contribution is 2.32. The fourth-order valence-electron chi connectivity index (χ4n) is 4.08. The molecule has 0 unspecified atom stereocenters. The number of rotatable bonds is 5. The van der Waals surface area contributed by atoms with Crippen LogP contribution in [0.2, 0.25) is 0 Å². The van der Waals surface area contributed by atoms with Crippen LogP contribution in [0.25, 0.3) is 5.57 Å². The van der Waals surface area contributed by atoms with Gasteiger partial charge in [-0.15, -0.1) is 0 Å². The molecule has 0 atom stereocenters. The van der Waals surface area contributed by atoms with E-state index in [4.69, 9.17) is 11.1 Å². The number of nitrogens with one attached hydrogen (secondary N) is 1. The molecule has 1 fully saturated rings. The Hall–Kier alpha value is -2.30. The molecule has 1 amide bonds. The summed E-state index contributed by atoms with van der Waals surface area (Å²) < 4.78 is 0. The third-order valence-electron chi connectivity index (χ3n) is 5.64. The van der Waals surface area contributed by atoms with Crippen LogP contribution in [0.4, 0.5) is 5.69 Å². The first-order valence-corrected chi connectivity index (χ1v) is 9.63. The van der Waals surface area contributed by atoms with Crippen molar-refractivity contribution in [2.24, 2.45) is 17.6 Å². The van der Waals surface area contributed by atoms with E-state index in [1.54, 1.807) is 0 Å². The topological polar surface area (TPSA) is 73.4 Å². The lowest BCUT2D eigenvalue weighted by Gasteiger charge is -2.35. The lowest BCUT2D eigenvalue weighted by molar-refractivity contribution is -0.135. The fourth-order valence-corrected chi connectivity index (χ4v) is 4.08. The van der Waals surface area contributed by atoms with Crippen molar-refractivity contribution in [1.82, 2.24) is 4.90 Å². The molecule has 2 aliphatic rings. The number of likely N-dealkylation sites (tertiary alicyclic amines) is 1. The monoisotopic (exact) mass is 354 g/mol. The van der Waals surface area contributed by atoms with Crippen molar-refractivity contribution < 1.29 is 4.79 Å². The largest absolute Gasteiger partial charge is 0.404 e. The molecule has 3 N–H and O–H groups in total. The summed E-state index contributed by atoms with van der Waals surface area (Å²) in [6.07, 6.45) is 6.03. The summed E-state index contributed by atoms with van der Waals surface area (Å²) in [5.41, 5.74) is 10.0. The Labute approximate surface area is 156 Å². The number of hydrogen-bond acceptors (Lipinski definition) is 4. The second-order valence-electron chi connectivity index (χ2n) is 7.73. The highest BCUT2D eigenvalue weighted by atomic mass is 16.2. The van der Waals surface area contributed by atoms with Gasteiger partial charge in [-0.25, -0.2) is 0 Å². The molecule has 0 saturated carbocycles. The average molecular weight is 354 g/mol. The quantitative estimate of drug-likeness (QED) is 0.799. The van der Waals surface area contributed by atoms with Gasteiger partial charge in [-0.05, 0) is 48.4 Å². The zero-order chi connectivity index (χ0) is 18.7. The maximum Gasteiger partial charge on any atom is 0.225 e. The molecule has 0 aliphatic carbocycles. The number of nitrogens with zero attached hydrogens (tertiary/aromatic N) is 2. The summed E-state index contributed by atoms with van der Waals surface area (Å²) in [6.45, 7) is 7.87. The van der Waals surface area contributed by atoms with Crippen LogP contribution in [0, 0.1) is 17.2 Å². The molecule has 0 bridgehead atoms. The molecule has 1 aromatic carbocycles. The van der Waals surface area contributed by atoms with Crippen molar-refractivity contribution in [2.45, 2.75) is 33.1 Å². The molecular formula is C21H30N4O. The smallest absolute Gasteiger partial charge is 0.225 e. The molecule has 2 heterocycles. The predicted octanol–water partition coefficient (Wildman–Crippen LogP) is 2.89. The van der Waals surface area contributed by atoms with Crippen LogP contribution < -0.4 is 10.6 Å². The van der Waals surface area contributed by atoms with Crippen molar-refractivity contribution in [3.63, 3.8) is 0 Å². The molecule has 1 aromatic rings. The van der Waals surface area contributed by atoms with Crippen LogP contribution in [0.3, 0.4) is 0 Å². The van der Waals surface area contributed by atoms with Gasteiger partial charge in [0.2, 0.25) is 5.91 Å². The SMILES string of the molecule is CC(C)C(=O)N1CCC(CN2CCc3cc(/C(C=N)=C/N)ccc32)CC1. The summed E-state index contributed by atoms with van der Waals surface area (Å²) in [6, 6.07) is 6.40. The van der Waals surface area contributed by atoms with E-state index in [-0.39, 0.29) is 11.8 Å². The van der Waals surface area contributed by atoms with E-state index < -0.39 is 0 Å². The van der Waals surface area contributed by atoms with Gasteiger partial charge in [0.05, 0.1) is 0 Å². The minimum Gasteiger partial charge on any atom is -0.404 e. The zero-order valence-electron chi connectivity index (χ0n) is 15.9. The Kier molecular flexibility index (Phi) is 5.64. The second-order valence-corrected chi connectivity index (χ2v) is 7.73. The van der Waals surface area contributed by atoms with E-state index in [2.05, 4.69) is 23.1 Å². The Bertz CT molecular complexity index is 702. The van der Waals surface area contributed by atoms with Crippen molar-refractivity contribution in [3.05, 3.63) is 35.5 Å². The van der Waals surface area contributed by atoms with Crippen LogP contribution in [0.1, 0.15) is 37.8 Å². The Morgan fingerprint density at radius 1 is 1.31 bits per heavy atom. The van der Waals surface area contributed by atoms with Crippen molar-refractivity contribution in [3.8, 4) is 0 Å². The predicted molar refractivity (Wildman–Crippen MR) is 107 cm³/mol. The van der Waals surface area contributed by atoms with Gasteiger partial charge >= 0.3 is 0 Å². The summed E-state index contributed by atoms with van der Waals surface area (Å²) >= 11 is 0. The first kappa shape index (κ1) is 18.5. The summed E-state index contributed by atoms with van der Waals surface area (Å²) in [4.78, 5) is 16.7. The number of piperidine rings is 1. The average Bonchev–Trinajstić information content (AvgIpc) is 3.05. The molecule has 0 radical (unpaired) electrons. The molecule has 0 spiro atoms. The molecule has 3 rings (SSSR count). The lowest BCUT2D eigenvalue weighted by atomic mass is 9.95. The number of nitrogens with two attached hydrogens (primary N) is 1. The normalized spacial score (nSPS) is 18.3. The fraction of sp³-hybridized carbons (Fsp3) is 0.524. The van der Waals surface area contributed by atoms with Gasteiger partial charge in [-0.3, -0.25) is 4.79 Å². The van der Waals surface area contributed by atoms with Gasteiger partial charge in [0.25, 0.3) is 0 Å².